The number of para-hydroxylation sites is 2. The first-order chi connectivity index (χ1) is 14.2. The van der Waals surface area contributed by atoms with Crippen molar-refractivity contribution in [1.82, 2.24) is 0 Å². The molecule has 0 atom stereocenters. The molecule has 0 unspecified atom stereocenters. The van der Waals surface area contributed by atoms with Gasteiger partial charge in [-0.1, -0.05) is 29.8 Å². The maximum absolute atomic E-state index is 13.0. The largest absolute Gasteiger partial charge is 0.506 e. The van der Waals surface area contributed by atoms with Gasteiger partial charge in [0.2, 0.25) is 0 Å². The number of nitrogens with one attached hydrogen (secondary N) is 2. The first-order valence-electron chi connectivity index (χ1n) is 8.77. The van der Waals surface area contributed by atoms with Crippen LogP contribution < -0.4 is 14.8 Å². The zero-order chi connectivity index (χ0) is 21.9. The van der Waals surface area contributed by atoms with E-state index >= 15 is 0 Å². The lowest BCUT2D eigenvalue weighted by atomic mass is 10.1. The minimum atomic E-state index is -4.00. The van der Waals surface area contributed by atoms with E-state index in [9.17, 15) is 18.3 Å². The lowest BCUT2D eigenvalue weighted by Gasteiger charge is -2.14. The third kappa shape index (κ3) is 4.67. The summed E-state index contributed by atoms with van der Waals surface area (Å²) in [5.74, 6) is -0.393. The lowest BCUT2D eigenvalue weighted by Crippen LogP contribution is -2.17. The fourth-order valence-corrected chi connectivity index (χ4v) is 4.28. The van der Waals surface area contributed by atoms with E-state index in [0.29, 0.717) is 16.3 Å². The van der Waals surface area contributed by atoms with E-state index in [-0.39, 0.29) is 27.6 Å². The summed E-state index contributed by atoms with van der Waals surface area (Å²) in [4.78, 5) is 12.6. The third-order valence-corrected chi connectivity index (χ3v) is 6.04. The van der Waals surface area contributed by atoms with E-state index in [1.165, 1.54) is 43.5 Å². The topological polar surface area (TPSA) is 105 Å². The molecule has 0 aliphatic heterocycles. The van der Waals surface area contributed by atoms with Gasteiger partial charge in [0.1, 0.15) is 11.5 Å². The Morgan fingerprint density at radius 2 is 1.77 bits per heavy atom. The molecular formula is C21H19ClN2O5S. The van der Waals surface area contributed by atoms with Crippen LogP contribution in [0.3, 0.4) is 0 Å². The molecule has 0 saturated carbocycles. The molecule has 0 aliphatic rings. The number of amides is 1. The number of hydrogen-bond donors (Lipinski definition) is 3. The molecule has 30 heavy (non-hydrogen) atoms. The molecule has 3 aromatic carbocycles. The Bertz CT molecular complexity index is 1210. The van der Waals surface area contributed by atoms with Gasteiger partial charge in [0.15, 0.2) is 0 Å². The molecule has 0 heterocycles. The van der Waals surface area contributed by atoms with E-state index in [1.54, 1.807) is 31.2 Å². The minimum absolute atomic E-state index is 0.0589. The molecule has 0 fully saturated rings. The van der Waals surface area contributed by atoms with Crippen molar-refractivity contribution in [3.8, 4) is 11.5 Å². The second-order valence-electron chi connectivity index (χ2n) is 6.40. The highest BCUT2D eigenvalue weighted by atomic mass is 35.5. The second kappa shape index (κ2) is 8.64. The molecule has 0 aromatic heterocycles. The van der Waals surface area contributed by atoms with Gasteiger partial charge in [-0.3, -0.25) is 9.52 Å². The zero-order valence-corrected chi connectivity index (χ0v) is 17.7. The molecular weight excluding hydrogens is 428 g/mol. The third-order valence-electron chi connectivity index (χ3n) is 4.30. The van der Waals surface area contributed by atoms with Crippen LogP contribution in [-0.2, 0) is 10.0 Å². The monoisotopic (exact) mass is 446 g/mol. The molecule has 0 spiro atoms. The molecule has 0 radical (unpaired) electrons. The summed E-state index contributed by atoms with van der Waals surface area (Å²) in [6.45, 7) is 1.63. The number of halogens is 1. The number of carbonyl (C=O) groups is 1. The fraction of sp³-hybridized carbons (Fsp3) is 0.0952. The van der Waals surface area contributed by atoms with E-state index < -0.39 is 15.9 Å². The van der Waals surface area contributed by atoms with Crippen molar-refractivity contribution in [2.75, 3.05) is 17.1 Å². The van der Waals surface area contributed by atoms with E-state index in [2.05, 4.69) is 10.0 Å². The summed E-state index contributed by atoms with van der Waals surface area (Å²) in [5, 5.41) is 12.7. The van der Waals surface area contributed by atoms with Gasteiger partial charge in [-0.2, -0.15) is 0 Å². The number of rotatable bonds is 6. The standard InChI is InChI=1S/C21H19ClN2O5S/c1-13-7-8-14(21(26)23-17-12-15(22)9-10-18(17)25)11-20(13)30(27,28)24-16-5-3-4-6-19(16)29-2/h3-12,24-25H,1-2H3,(H,23,26). The van der Waals surface area contributed by atoms with Crippen molar-refractivity contribution in [2.45, 2.75) is 11.8 Å². The number of methoxy groups -OCH3 is 1. The van der Waals surface area contributed by atoms with Crippen LogP contribution in [0.5, 0.6) is 11.5 Å². The molecule has 0 bridgehead atoms. The summed E-state index contributed by atoms with van der Waals surface area (Å²) >= 11 is 5.89. The van der Waals surface area contributed by atoms with E-state index in [0.717, 1.165) is 0 Å². The Morgan fingerprint density at radius 3 is 2.50 bits per heavy atom. The van der Waals surface area contributed by atoms with Crippen LogP contribution >= 0.6 is 11.6 Å². The van der Waals surface area contributed by atoms with Crippen LogP contribution in [0, 0.1) is 6.92 Å². The predicted octanol–water partition coefficient (Wildman–Crippen LogP) is 4.42. The summed E-state index contributed by atoms with van der Waals surface area (Å²) in [6, 6.07) is 15.1. The number of aromatic hydroxyl groups is 1. The Morgan fingerprint density at radius 1 is 1.03 bits per heavy atom. The van der Waals surface area contributed by atoms with E-state index in [1.807, 2.05) is 0 Å². The molecule has 3 aromatic rings. The van der Waals surface area contributed by atoms with Crippen molar-refractivity contribution in [3.63, 3.8) is 0 Å². The molecule has 0 saturated heterocycles. The highest BCUT2D eigenvalue weighted by Crippen LogP contribution is 2.29. The number of benzene rings is 3. The van der Waals surface area contributed by atoms with Crippen LogP contribution in [0.4, 0.5) is 11.4 Å². The van der Waals surface area contributed by atoms with Gasteiger partial charge in [0, 0.05) is 10.6 Å². The molecule has 3 N–H and O–H groups in total. The number of sulfonamides is 1. The van der Waals surface area contributed by atoms with Crippen molar-refractivity contribution >= 4 is 38.9 Å². The summed E-state index contributed by atoms with van der Waals surface area (Å²) in [7, 11) is -2.56. The van der Waals surface area contributed by atoms with Crippen LogP contribution in [0.1, 0.15) is 15.9 Å². The molecule has 9 heteroatoms. The number of phenols is 1. The Balaban J connectivity index is 1.92. The average Bonchev–Trinajstić information content (AvgIpc) is 2.71. The lowest BCUT2D eigenvalue weighted by molar-refractivity contribution is 0.102. The fourth-order valence-electron chi connectivity index (χ4n) is 2.76. The summed E-state index contributed by atoms with van der Waals surface area (Å²) in [6.07, 6.45) is 0. The Labute approximate surface area is 179 Å². The summed E-state index contributed by atoms with van der Waals surface area (Å²) < 4.78 is 33.6. The normalized spacial score (nSPS) is 11.0. The van der Waals surface area contributed by atoms with Crippen molar-refractivity contribution < 1.29 is 23.1 Å². The van der Waals surface area contributed by atoms with Gasteiger partial charge < -0.3 is 15.2 Å². The van der Waals surface area contributed by atoms with Gasteiger partial charge in [-0.15, -0.1) is 0 Å². The first-order valence-corrected chi connectivity index (χ1v) is 10.6. The maximum atomic E-state index is 13.0. The smallest absolute Gasteiger partial charge is 0.262 e. The predicted molar refractivity (Wildman–Crippen MR) is 116 cm³/mol. The van der Waals surface area contributed by atoms with Gasteiger partial charge in [0.25, 0.3) is 15.9 Å². The number of phenolic OH excluding ortho intramolecular Hbond substituents is 1. The molecule has 7 nitrogen and oxygen atoms in total. The molecule has 3 rings (SSSR count). The summed E-state index contributed by atoms with van der Waals surface area (Å²) in [5.41, 5.74) is 0.947. The maximum Gasteiger partial charge on any atom is 0.262 e. The molecule has 0 aliphatic carbocycles. The van der Waals surface area contributed by atoms with Crippen LogP contribution in [0.15, 0.2) is 65.6 Å². The zero-order valence-electron chi connectivity index (χ0n) is 16.1. The first kappa shape index (κ1) is 21.5. The van der Waals surface area contributed by atoms with Crippen molar-refractivity contribution in [2.24, 2.45) is 0 Å². The Kier molecular flexibility index (Phi) is 6.19. The average molecular weight is 447 g/mol. The van der Waals surface area contributed by atoms with Gasteiger partial charge in [-0.25, -0.2) is 8.42 Å². The number of carbonyl (C=O) groups excluding carboxylic acids is 1. The number of hydrogen-bond acceptors (Lipinski definition) is 5. The highest BCUT2D eigenvalue weighted by molar-refractivity contribution is 7.92. The minimum Gasteiger partial charge on any atom is -0.506 e. The van der Waals surface area contributed by atoms with Crippen molar-refractivity contribution in [3.05, 3.63) is 76.8 Å². The number of anilines is 2. The van der Waals surface area contributed by atoms with Gasteiger partial charge in [-0.05, 0) is 55.0 Å². The van der Waals surface area contributed by atoms with Crippen molar-refractivity contribution in [1.29, 1.82) is 0 Å². The van der Waals surface area contributed by atoms with Crippen LogP contribution in [0.25, 0.3) is 0 Å². The highest BCUT2D eigenvalue weighted by Gasteiger charge is 2.21. The Hall–Kier alpha value is -3.23. The molecule has 156 valence electrons. The van der Waals surface area contributed by atoms with Gasteiger partial charge in [0.05, 0.1) is 23.4 Å². The van der Waals surface area contributed by atoms with E-state index in [4.69, 9.17) is 16.3 Å². The number of ether oxygens (including phenoxy) is 1. The SMILES string of the molecule is COc1ccccc1NS(=O)(=O)c1cc(C(=O)Nc2cc(Cl)ccc2O)ccc1C. The molecule has 1 amide bonds. The second-order valence-corrected chi connectivity index (χ2v) is 8.49. The van der Waals surface area contributed by atoms with Crippen LogP contribution in [-0.4, -0.2) is 26.5 Å². The quantitative estimate of drug-likeness (QED) is 0.486. The van der Waals surface area contributed by atoms with Crippen LogP contribution in [0.2, 0.25) is 5.02 Å². The van der Waals surface area contributed by atoms with Gasteiger partial charge >= 0.3 is 0 Å². The number of aryl methyl sites for hydroxylation is 1.